The first kappa shape index (κ1) is 43.2. The number of fused-ring (bicyclic) bond motifs is 17. The molecule has 0 radical (unpaired) electrons. The first-order valence-electron chi connectivity index (χ1n) is 27.9. The number of rotatable bonds is 2. The van der Waals surface area contributed by atoms with Crippen LogP contribution in [0.25, 0.3) is 127 Å². The molecule has 2 atom stereocenters. The number of hydrogen-bond donors (Lipinski definition) is 0. The van der Waals surface area contributed by atoms with E-state index in [0.717, 1.165) is 39.7 Å². The van der Waals surface area contributed by atoms with Crippen LogP contribution in [0, 0.1) is 0 Å². The van der Waals surface area contributed by atoms with E-state index in [2.05, 4.69) is 241 Å². The van der Waals surface area contributed by atoms with Crippen molar-refractivity contribution in [2.24, 2.45) is 0 Å². The fraction of sp³-hybridized carbons (Fsp3) is 0.132. The van der Waals surface area contributed by atoms with Gasteiger partial charge < -0.3 is 8.83 Å². The largest absolute Gasteiger partial charge is 0.456 e. The number of furan rings is 2. The molecule has 0 N–H and O–H groups in total. The molecule has 368 valence electrons. The minimum atomic E-state index is -0.453. The molecule has 0 saturated heterocycles. The summed E-state index contributed by atoms with van der Waals surface area (Å²) >= 11 is 0. The second-order valence-corrected chi connectivity index (χ2v) is 24.2. The van der Waals surface area contributed by atoms with E-state index in [-0.39, 0.29) is 16.7 Å². The van der Waals surface area contributed by atoms with Crippen LogP contribution < -0.4 is 0 Å². The number of allylic oxidation sites excluding steroid dienone is 1. The molecule has 2 heteroatoms. The molecular weight excluding hydrogens is 945 g/mol. The highest BCUT2D eigenvalue weighted by molar-refractivity contribution is 6.21. The zero-order valence-electron chi connectivity index (χ0n) is 44.2. The second kappa shape index (κ2) is 14.5. The first-order chi connectivity index (χ1) is 38.1. The lowest BCUT2D eigenvalue weighted by molar-refractivity contribution is 0.587. The maximum atomic E-state index is 6.79. The predicted molar refractivity (Wildman–Crippen MR) is 323 cm³/mol. The Morgan fingerprint density at radius 1 is 0.359 bits per heavy atom. The van der Waals surface area contributed by atoms with Gasteiger partial charge in [0.1, 0.15) is 22.5 Å². The van der Waals surface area contributed by atoms with Gasteiger partial charge in [-0.15, -0.1) is 0 Å². The van der Waals surface area contributed by atoms with Gasteiger partial charge in [-0.25, -0.2) is 0 Å². The maximum absolute atomic E-state index is 6.79. The van der Waals surface area contributed by atoms with Crippen molar-refractivity contribution in [1.82, 2.24) is 0 Å². The van der Waals surface area contributed by atoms with E-state index in [0.29, 0.717) is 0 Å². The quantitative estimate of drug-likeness (QED) is 0.173. The second-order valence-electron chi connectivity index (χ2n) is 24.2. The Kier molecular flexibility index (Phi) is 8.04. The van der Waals surface area contributed by atoms with Crippen molar-refractivity contribution in [2.45, 2.75) is 63.2 Å². The summed E-state index contributed by atoms with van der Waals surface area (Å²) in [6, 6.07) is 73.9. The molecule has 0 fully saturated rings. The molecule has 2 nitrogen and oxygen atoms in total. The lowest BCUT2D eigenvalue weighted by Gasteiger charge is -2.35. The van der Waals surface area contributed by atoms with Crippen LogP contribution in [0.1, 0.15) is 103 Å². The molecule has 2 aromatic heterocycles. The van der Waals surface area contributed by atoms with Gasteiger partial charge in [0.2, 0.25) is 0 Å². The SMILES string of the molecule is CC1(C)c2cc3c(cc2-c2cc4c(cc21)-c1c2cc(c5ccccc15)-c1cccc5oc6c(c15)C(CC=C6)c1ccccc1C42C)C(C)(C)c1cc(-c2cccc4oc5cccc(-c6ccccc6)c5c24)c2ccccc2c1-3. The Hall–Kier alpha value is -8.98. The van der Waals surface area contributed by atoms with E-state index in [4.69, 9.17) is 8.83 Å². The van der Waals surface area contributed by atoms with E-state index < -0.39 is 5.41 Å². The van der Waals surface area contributed by atoms with Gasteiger partial charge >= 0.3 is 0 Å². The minimum Gasteiger partial charge on any atom is -0.456 e. The van der Waals surface area contributed by atoms with Crippen molar-refractivity contribution in [3.8, 4) is 66.8 Å². The van der Waals surface area contributed by atoms with Crippen LogP contribution in [0.3, 0.4) is 0 Å². The van der Waals surface area contributed by atoms with Gasteiger partial charge in [0, 0.05) is 43.9 Å². The maximum Gasteiger partial charge on any atom is 0.136 e. The summed E-state index contributed by atoms with van der Waals surface area (Å²) in [4.78, 5) is 0. The molecule has 13 aromatic rings. The summed E-state index contributed by atoms with van der Waals surface area (Å²) in [6.07, 6.45) is 5.47. The van der Waals surface area contributed by atoms with Crippen molar-refractivity contribution in [3.63, 3.8) is 0 Å². The molecule has 11 aromatic carbocycles. The van der Waals surface area contributed by atoms with Gasteiger partial charge in [0.15, 0.2) is 0 Å². The van der Waals surface area contributed by atoms with E-state index in [1.54, 1.807) is 0 Å². The van der Waals surface area contributed by atoms with Crippen molar-refractivity contribution in [2.75, 3.05) is 0 Å². The molecule has 78 heavy (non-hydrogen) atoms. The molecule has 0 amide bonds. The lowest BCUT2D eigenvalue weighted by Crippen LogP contribution is -2.26. The standard InChI is InChI=1S/C76H52O2/c1-74(2)58-39-55-60(75(3,4)62-35-51(43-21-9-11-24-46(43)68(55)62)49-28-17-33-66-72(49)70-42(26-15-31-64(70)77-66)41-19-7-6-8-20-41)37-53(58)54-38-61-56(40-59(54)74)69-47-25-12-10-22-44(47)52-36-63(69)76(61,5)57-30-14-13-23-45(57)48-27-16-32-65-71(48)73-50(52)29-18-34-67(73)78-65/h6-26,28-40,48H,27H2,1-5H3. The van der Waals surface area contributed by atoms with Crippen LogP contribution in [0.15, 0.2) is 209 Å². The third-order valence-electron chi connectivity index (χ3n) is 19.8. The van der Waals surface area contributed by atoms with E-state index in [1.807, 2.05) is 0 Å². The Bertz CT molecular complexity index is 4950. The molecule has 2 heterocycles. The average Bonchev–Trinajstić information content (AvgIpc) is 4.22. The summed E-state index contributed by atoms with van der Waals surface area (Å²) in [5, 5.41) is 8.72. The van der Waals surface area contributed by atoms with E-state index in [1.165, 1.54) is 144 Å². The summed E-state index contributed by atoms with van der Waals surface area (Å²) in [7, 11) is 0. The number of hydrogen-bond acceptors (Lipinski definition) is 2. The van der Waals surface area contributed by atoms with Crippen molar-refractivity contribution >= 4 is 60.5 Å². The summed E-state index contributed by atoms with van der Waals surface area (Å²) in [5.41, 5.74) is 29.7. The topological polar surface area (TPSA) is 26.3 Å². The smallest absolute Gasteiger partial charge is 0.136 e. The minimum absolute atomic E-state index is 0.152. The van der Waals surface area contributed by atoms with Gasteiger partial charge in [-0.2, -0.15) is 0 Å². The Morgan fingerprint density at radius 3 is 1.54 bits per heavy atom. The van der Waals surface area contributed by atoms with Crippen LogP contribution in [-0.2, 0) is 16.2 Å². The van der Waals surface area contributed by atoms with Gasteiger partial charge in [0.25, 0.3) is 0 Å². The molecule has 0 spiro atoms. The van der Waals surface area contributed by atoms with Gasteiger partial charge in [-0.3, -0.25) is 0 Å². The molecular formula is C76H52O2. The van der Waals surface area contributed by atoms with Crippen LogP contribution in [0.2, 0.25) is 0 Å². The zero-order valence-corrected chi connectivity index (χ0v) is 44.2. The van der Waals surface area contributed by atoms with Crippen molar-refractivity contribution < 1.29 is 8.83 Å². The lowest BCUT2D eigenvalue weighted by atomic mass is 9.67. The highest BCUT2D eigenvalue weighted by Gasteiger charge is 2.49. The molecule has 5 aliphatic carbocycles. The molecule has 0 saturated carbocycles. The van der Waals surface area contributed by atoms with Crippen LogP contribution in [-0.4, -0.2) is 0 Å². The van der Waals surface area contributed by atoms with Gasteiger partial charge in [-0.05, 0) is 207 Å². The summed E-state index contributed by atoms with van der Waals surface area (Å²) in [6.45, 7) is 12.4. The first-order valence-corrected chi connectivity index (χ1v) is 27.9. The van der Waals surface area contributed by atoms with Crippen LogP contribution >= 0.6 is 0 Å². The van der Waals surface area contributed by atoms with Crippen LogP contribution in [0.5, 0.6) is 0 Å². The Labute approximate surface area is 452 Å². The van der Waals surface area contributed by atoms with Crippen molar-refractivity contribution in [3.05, 3.63) is 256 Å². The summed E-state index contributed by atoms with van der Waals surface area (Å²) < 4.78 is 13.5. The third kappa shape index (κ3) is 5.16. The van der Waals surface area contributed by atoms with Gasteiger partial charge in [-0.1, -0.05) is 173 Å². The zero-order chi connectivity index (χ0) is 51.7. The van der Waals surface area contributed by atoms with Gasteiger partial charge in [0.05, 0.1) is 0 Å². The molecule has 18 rings (SSSR count). The van der Waals surface area contributed by atoms with E-state index >= 15 is 0 Å². The third-order valence-corrected chi connectivity index (χ3v) is 19.8. The number of benzene rings is 11. The fourth-order valence-electron chi connectivity index (χ4n) is 16.2. The highest BCUT2D eigenvalue weighted by atomic mass is 16.3. The Morgan fingerprint density at radius 2 is 0.846 bits per heavy atom. The van der Waals surface area contributed by atoms with E-state index in [9.17, 15) is 0 Å². The Balaban J connectivity index is 0.867. The van der Waals surface area contributed by atoms with Crippen LogP contribution in [0.4, 0.5) is 0 Å². The molecule has 5 aliphatic rings. The monoisotopic (exact) mass is 996 g/mol. The fourth-order valence-corrected chi connectivity index (χ4v) is 16.2. The molecule has 4 bridgehead atoms. The molecule has 2 unspecified atom stereocenters. The summed E-state index contributed by atoms with van der Waals surface area (Å²) in [5.74, 6) is 1.14. The normalized spacial score (nSPS) is 18.1. The van der Waals surface area contributed by atoms with Crippen molar-refractivity contribution in [1.29, 1.82) is 0 Å². The molecule has 0 aliphatic heterocycles. The predicted octanol–water partition coefficient (Wildman–Crippen LogP) is 20.4. The highest BCUT2D eigenvalue weighted by Crippen LogP contribution is 2.64. The average molecular weight is 997 g/mol.